The summed E-state index contributed by atoms with van der Waals surface area (Å²) in [5.41, 5.74) is 1.01. The zero-order chi connectivity index (χ0) is 34.1. The predicted octanol–water partition coefficient (Wildman–Crippen LogP) is 5.81. The second-order valence-corrected chi connectivity index (χ2v) is 11.1. The van der Waals surface area contributed by atoms with Crippen molar-refractivity contribution >= 4 is 44.8 Å². The lowest BCUT2D eigenvalue weighted by Gasteiger charge is -2.16. The number of hydrogen-bond donors (Lipinski definition) is 3. The molecule has 0 spiro atoms. The number of rotatable bonds is 7. The minimum Gasteiger partial charge on any atom is -0.493 e. The van der Waals surface area contributed by atoms with E-state index in [9.17, 15) is 23.0 Å². The fraction of sp³-hybridized carbons (Fsp3) is 0.324. The molecule has 1 aromatic heterocycles. The van der Waals surface area contributed by atoms with E-state index in [0.717, 1.165) is 54.2 Å². The molecule has 2 heterocycles. The number of H-pyrrole nitrogens is 1. The van der Waals surface area contributed by atoms with Crippen LogP contribution in [0.4, 0.5) is 15.8 Å². The van der Waals surface area contributed by atoms with E-state index in [1.54, 1.807) is 62.9 Å². The molecule has 3 aromatic carbocycles. The molecule has 248 valence electrons. The molecule has 0 radical (unpaired) electrons. The second kappa shape index (κ2) is 19.6. The quantitative estimate of drug-likeness (QED) is 0.229. The van der Waals surface area contributed by atoms with Crippen molar-refractivity contribution in [1.29, 1.82) is 0 Å². The molecule has 2 amide bonds. The summed E-state index contributed by atoms with van der Waals surface area (Å²) in [5.74, 6) is 1.01. The molecule has 1 aliphatic rings. The molecule has 5 rings (SSSR count). The molecule has 1 unspecified atom stereocenters. The van der Waals surface area contributed by atoms with Gasteiger partial charge in [0, 0.05) is 64.9 Å². The van der Waals surface area contributed by atoms with Crippen molar-refractivity contribution in [2.45, 2.75) is 38.5 Å². The summed E-state index contributed by atoms with van der Waals surface area (Å²) in [6, 6.07) is 19.2. The number of para-hydroxylation sites is 2. The van der Waals surface area contributed by atoms with E-state index >= 15 is 0 Å². The molecule has 1 atom stereocenters. The number of carbonyl (C=O) groups is 2. The van der Waals surface area contributed by atoms with Crippen LogP contribution >= 0.6 is 0 Å². The minimum absolute atomic E-state index is 0.0424. The summed E-state index contributed by atoms with van der Waals surface area (Å²) < 4.78 is 34.6. The molecule has 0 aliphatic carbocycles. The van der Waals surface area contributed by atoms with Gasteiger partial charge in [-0.1, -0.05) is 26.0 Å². The van der Waals surface area contributed by atoms with Gasteiger partial charge in [0.1, 0.15) is 5.82 Å². The average molecular weight is 655 g/mol. The highest BCUT2D eigenvalue weighted by Crippen LogP contribution is 2.24. The molecule has 10 nitrogen and oxygen atoms in total. The van der Waals surface area contributed by atoms with Crippen LogP contribution in [0.2, 0.25) is 0 Å². The van der Waals surface area contributed by atoms with E-state index in [1.165, 1.54) is 6.92 Å². The molecule has 1 aliphatic heterocycles. The Morgan fingerprint density at radius 2 is 1.48 bits per heavy atom. The van der Waals surface area contributed by atoms with Crippen molar-refractivity contribution < 1.29 is 27.7 Å². The molecule has 1 fully saturated rings. The van der Waals surface area contributed by atoms with Gasteiger partial charge < -0.3 is 30.0 Å². The SMILES string of the molecule is CC.CC(=O)Nc1ccc(S(C)=O)cc1.COc1ccccc1OC.O=C(CNc1ccc2c(F)c[nH]c(=O)c2c1)N1CCCC1. The van der Waals surface area contributed by atoms with Crippen LogP contribution in [-0.4, -0.2) is 66.0 Å². The summed E-state index contributed by atoms with van der Waals surface area (Å²) >= 11 is 0. The number of pyridine rings is 1. The number of fused-ring (bicyclic) bond motifs is 1. The van der Waals surface area contributed by atoms with Crippen molar-refractivity contribution in [3.63, 3.8) is 0 Å². The fourth-order valence-electron chi connectivity index (χ4n) is 4.31. The van der Waals surface area contributed by atoms with Crippen molar-refractivity contribution in [3.05, 3.63) is 89.1 Å². The summed E-state index contributed by atoms with van der Waals surface area (Å²) in [7, 11) is 2.28. The predicted molar refractivity (Wildman–Crippen MR) is 183 cm³/mol. The Hall–Kier alpha value is -4.71. The number of amides is 2. The number of methoxy groups -OCH3 is 2. The van der Waals surface area contributed by atoms with Crippen molar-refractivity contribution in [2.24, 2.45) is 0 Å². The van der Waals surface area contributed by atoms with Crippen LogP contribution in [0.15, 0.2) is 82.6 Å². The third kappa shape index (κ3) is 11.7. The van der Waals surface area contributed by atoms with Crippen LogP contribution in [0, 0.1) is 5.82 Å². The lowest BCUT2D eigenvalue weighted by molar-refractivity contribution is -0.128. The maximum Gasteiger partial charge on any atom is 0.256 e. The number of benzene rings is 3. The van der Waals surface area contributed by atoms with Gasteiger partial charge >= 0.3 is 0 Å². The summed E-state index contributed by atoms with van der Waals surface area (Å²) in [5, 5.41) is 6.17. The van der Waals surface area contributed by atoms with Gasteiger partial charge in [-0.25, -0.2) is 4.39 Å². The Balaban J connectivity index is 0.000000253. The van der Waals surface area contributed by atoms with E-state index in [0.29, 0.717) is 5.69 Å². The Bertz CT molecular complexity index is 1620. The maximum atomic E-state index is 13.6. The fourth-order valence-corrected chi connectivity index (χ4v) is 4.83. The van der Waals surface area contributed by atoms with Gasteiger partial charge in [0.15, 0.2) is 11.5 Å². The zero-order valence-corrected chi connectivity index (χ0v) is 28.0. The number of halogens is 1. The topological polar surface area (TPSA) is 130 Å². The third-order valence-electron chi connectivity index (χ3n) is 6.55. The van der Waals surface area contributed by atoms with Crippen LogP contribution in [-0.2, 0) is 20.4 Å². The molecule has 0 bridgehead atoms. The van der Waals surface area contributed by atoms with Crippen LogP contribution in [0.25, 0.3) is 10.8 Å². The number of hydrogen-bond acceptors (Lipinski definition) is 7. The molecule has 4 aromatic rings. The van der Waals surface area contributed by atoms with Crippen molar-refractivity contribution in [1.82, 2.24) is 9.88 Å². The number of carbonyl (C=O) groups excluding carboxylic acids is 2. The van der Waals surface area contributed by atoms with Crippen LogP contribution in [0.1, 0.15) is 33.6 Å². The monoisotopic (exact) mass is 654 g/mol. The summed E-state index contributed by atoms with van der Waals surface area (Å²) in [6.07, 6.45) is 4.77. The zero-order valence-electron chi connectivity index (χ0n) is 27.1. The highest BCUT2D eigenvalue weighted by atomic mass is 32.2. The molecule has 1 saturated heterocycles. The van der Waals surface area contributed by atoms with Gasteiger partial charge in [-0.3, -0.25) is 18.6 Å². The molecular formula is C34H43FN4O6S. The standard InChI is InChI=1S/C15H16FN3O2.C9H11NO2S.C8H10O2.C2H6/c16-13-8-18-15(21)12-7-10(3-4-11(12)13)17-9-14(20)19-5-1-2-6-19;1-7(11)10-8-3-5-9(6-4-8)13(2)12;1-9-7-5-3-4-6-8(7)10-2;1-2/h3-4,7-8,17H,1-2,5-6,9H2,(H,18,21);3-6H,1-2H3,(H,10,11);3-6H,1-2H3;1-2H3. The Morgan fingerprint density at radius 3 is 2.00 bits per heavy atom. The normalized spacial score (nSPS) is 12.2. The van der Waals surface area contributed by atoms with E-state index < -0.39 is 16.6 Å². The van der Waals surface area contributed by atoms with Crippen LogP contribution < -0.4 is 25.7 Å². The first-order valence-electron chi connectivity index (χ1n) is 14.8. The maximum absolute atomic E-state index is 13.6. The average Bonchev–Trinajstić information content (AvgIpc) is 3.62. The summed E-state index contributed by atoms with van der Waals surface area (Å²) in [4.78, 5) is 39.2. The second-order valence-electron chi connectivity index (χ2n) is 9.68. The highest BCUT2D eigenvalue weighted by Gasteiger charge is 2.17. The number of ether oxygens (including phenoxy) is 2. The third-order valence-corrected chi connectivity index (χ3v) is 7.49. The van der Waals surface area contributed by atoms with E-state index in [2.05, 4.69) is 15.6 Å². The minimum atomic E-state index is -0.963. The largest absolute Gasteiger partial charge is 0.493 e. The Kier molecular flexibility index (Phi) is 16.0. The van der Waals surface area contributed by atoms with Crippen LogP contribution in [0.5, 0.6) is 11.5 Å². The Morgan fingerprint density at radius 1 is 0.913 bits per heavy atom. The van der Waals surface area contributed by atoms with Gasteiger partial charge in [0.05, 0.1) is 26.2 Å². The van der Waals surface area contributed by atoms with Gasteiger partial charge in [0.2, 0.25) is 11.8 Å². The van der Waals surface area contributed by atoms with Crippen LogP contribution in [0.3, 0.4) is 0 Å². The van der Waals surface area contributed by atoms with Gasteiger partial charge in [-0.05, 0) is 67.4 Å². The molecule has 46 heavy (non-hydrogen) atoms. The van der Waals surface area contributed by atoms with E-state index in [4.69, 9.17) is 9.47 Å². The molecule has 0 saturated carbocycles. The van der Waals surface area contributed by atoms with E-state index in [-0.39, 0.29) is 34.7 Å². The first-order valence-corrected chi connectivity index (χ1v) is 16.4. The van der Waals surface area contributed by atoms with Gasteiger partial charge in [-0.2, -0.15) is 0 Å². The lowest BCUT2D eigenvalue weighted by Crippen LogP contribution is -2.32. The first-order chi connectivity index (χ1) is 22.1. The molecule has 3 N–H and O–H groups in total. The molecule has 12 heteroatoms. The van der Waals surface area contributed by atoms with Crippen molar-refractivity contribution in [3.8, 4) is 11.5 Å². The van der Waals surface area contributed by atoms with Crippen molar-refractivity contribution in [2.75, 3.05) is 50.7 Å². The van der Waals surface area contributed by atoms with Gasteiger partial charge in [0.25, 0.3) is 5.56 Å². The number of nitrogens with zero attached hydrogens (tertiary/aromatic N) is 1. The first kappa shape index (κ1) is 37.5. The van der Waals surface area contributed by atoms with Gasteiger partial charge in [-0.15, -0.1) is 0 Å². The smallest absolute Gasteiger partial charge is 0.256 e. The van der Waals surface area contributed by atoms with E-state index in [1.807, 2.05) is 43.0 Å². The molecular weight excluding hydrogens is 611 g/mol. The number of nitrogens with one attached hydrogen (secondary N) is 3. The number of anilines is 2. The Labute approximate surface area is 271 Å². The number of likely N-dealkylation sites (tertiary alicyclic amines) is 1. The highest BCUT2D eigenvalue weighted by molar-refractivity contribution is 7.84. The number of aromatic amines is 1. The number of aromatic nitrogens is 1. The lowest BCUT2D eigenvalue weighted by atomic mass is 10.1. The summed E-state index contributed by atoms with van der Waals surface area (Å²) in [6.45, 7) is 7.25.